The summed E-state index contributed by atoms with van der Waals surface area (Å²) in [7, 11) is 0. The highest BCUT2D eigenvalue weighted by Gasteiger charge is 2.28. The van der Waals surface area contributed by atoms with Crippen molar-refractivity contribution < 1.29 is 18.7 Å². The van der Waals surface area contributed by atoms with Gasteiger partial charge in [-0.05, 0) is 45.7 Å². The average molecular weight is 364 g/mol. The topological polar surface area (TPSA) is 74.8 Å². The van der Waals surface area contributed by atoms with Crippen LogP contribution < -0.4 is 10.2 Å². The van der Waals surface area contributed by atoms with Crippen molar-refractivity contribution >= 4 is 17.7 Å². The summed E-state index contributed by atoms with van der Waals surface area (Å²) < 4.78 is 19.7. The minimum Gasteiger partial charge on any atom is -0.444 e. The Kier molecular flexibility index (Phi) is 5.02. The van der Waals surface area contributed by atoms with Gasteiger partial charge in [0.15, 0.2) is 0 Å². The molecule has 1 aromatic rings. The molecule has 3 rings (SSSR count). The van der Waals surface area contributed by atoms with Gasteiger partial charge in [-0.1, -0.05) is 0 Å². The van der Waals surface area contributed by atoms with Gasteiger partial charge in [0.2, 0.25) is 5.95 Å². The molecule has 2 aliphatic rings. The van der Waals surface area contributed by atoms with Crippen LogP contribution in [0.1, 0.15) is 44.1 Å². The lowest BCUT2D eigenvalue weighted by Gasteiger charge is -2.36. The first-order valence-electron chi connectivity index (χ1n) is 8.93. The molecule has 1 N–H and O–H groups in total. The zero-order valence-corrected chi connectivity index (χ0v) is 15.4. The predicted octanol–water partition coefficient (Wildman–Crippen LogP) is 2.17. The summed E-state index contributed by atoms with van der Waals surface area (Å²) in [4.78, 5) is 31.3. The number of aromatic nitrogens is 1. The average Bonchev–Trinajstić information content (AvgIpc) is 3.37. The van der Waals surface area contributed by atoms with Gasteiger partial charge < -0.3 is 19.9 Å². The number of nitrogens with one attached hydrogen (secondary N) is 1. The van der Waals surface area contributed by atoms with E-state index in [1.165, 1.54) is 6.07 Å². The maximum atomic E-state index is 14.4. The molecule has 1 saturated heterocycles. The minimum absolute atomic E-state index is 0.0885. The first kappa shape index (κ1) is 18.4. The van der Waals surface area contributed by atoms with E-state index in [2.05, 4.69) is 10.3 Å². The van der Waals surface area contributed by atoms with E-state index < -0.39 is 11.5 Å². The van der Waals surface area contributed by atoms with Crippen molar-refractivity contribution in [2.45, 2.75) is 45.3 Å². The summed E-state index contributed by atoms with van der Waals surface area (Å²) in [6.07, 6.45) is 1.57. The molecule has 0 unspecified atom stereocenters. The van der Waals surface area contributed by atoms with Gasteiger partial charge in [-0.2, -0.15) is 4.39 Å². The van der Waals surface area contributed by atoms with E-state index in [-0.39, 0.29) is 23.7 Å². The molecule has 0 aromatic carbocycles. The van der Waals surface area contributed by atoms with Crippen LogP contribution in [-0.2, 0) is 4.74 Å². The van der Waals surface area contributed by atoms with Crippen molar-refractivity contribution in [3.8, 4) is 0 Å². The van der Waals surface area contributed by atoms with E-state index in [1.807, 2.05) is 25.7 Å². The Labute approximate surface area is 152 Å². The molecule has 8 heteroatoms. The predicted molar refractivity (Wildman–Crippen MR) is 94.7 cm³/mol. The van der Waals surface area contributed by atoms with Crippen LogP contribution in [0.2, 0.25) is 0 Å². The summed E-state index contributed by atoms with van der Waals surface area (Å²) >= 11 is 0. The van der Waals surface area contributed by atoms with Gasteiger partial charge in [0.05, 0.1) is 5.69 Å². The van der Waals surface area contributed by atoms with Crippen LogP contribution in [0, 0.1) is 5.95 Å². The fourth-order valence-electron chi connectivity index (χ4n) is 2.73. The molecule has 0 bridgehead atoms. The molecule has 1 saturated carbocycles. The molecule has 26 heavy (non-hydrogen) atoms. The fourth-order valence-corrected chi connectivity index (χ4v) is 2.73. The number of hydrogen-bond donors (Lipinski definition) is 1. The maximum absolute atomic E-state index is 14.4. The number of nitrogens with zero attached hydrogens (tertiary/aromatic N) is 3. The number of halogens is 1. The summed E-state index contributed by atoms with van der Waals surface area (Å²) in [5.74, 6) is -1.01. The lowest BCUT2D eigenvalue weighted by Crippen LogP contribution is -2.50. The number of carbonyl (C=O) groups is 2. The number of rotatable bonds is 3. The summed E-state index contributed by atoms with van der Waals surface area (Å²) in [5.41, 5.74) is -0.108. The first-order valence-corrected chi connectivity index (χ1v) is 8.93. The van der Waals surface area contributed by atoms with E-state index in [1.54, 1.807) is 11.0 Å². The van der Waals surface area contributed by atoms with Crippen LogP contribution in [-0.4, -0.2) is 59.7 Å². The highest BCUT2D eigenvalue weighted by atomic mass is 19.1. The van der Waals surface area contributed by atoms with Gasteiger partial charge >= 0.3 is 6.09 Å². The molecular weight excluding hydrogens is 339 g/mol. The molecule has 0 radical (unpaired) electrons. The van der Waals surface area contributed by atoms with Crippen LogP contribution >= 0.6 is 0 Å². The lowest BCUT2D eigenvalue weighted by atomic mass is 10.2. The number of ether oxygens (including phenoxy) is 1. The third-order valence-electron chi connectivity index (χ3n) is 4.25. The second-order valence-corrected chi connectivity index (χ2v) is 7.71. The van der Waals surface area contributed by atoms with Gasteiger partial charge in [-0.3, -0.25) is 4.79 Å². The summed E-state index contributed by atoms with van der Waals surface area (Å²) in [6, 6.07) is 3.32. The van der Waals surface area contributed by atoms with Gasteiger partial charge in [0, 0.05) is 32.2 Å². The van der Waals surface area contributed by atoms with Crippen LogP contribution in [0.5, 0.6) is 0 Å². The normalized spacial score (nSPS) is 17.8. The number of carbonyl (C=O) groups excluding carboxylic acids is 2. The molecule has 0 spiro atoms. The van der Waals surface area contributed by atoms with Crippen molar-refractivity contribution in [3.63, 3.8) is 0 Å². The van der Waals surface area contributed by atoms with E-state index >= 15 is 0 Å². The molecule has 1 aliphatic heterocycles. The first-order chi connectivity index (χ1) is 12.2. The molecule has 0 atom stereocenters. The van der Waals surface area contributed by atoms with E-state index in [0.29, 0.717) is 31.9 Å². The number of amides is 2. The Morgan fingerprint density at radius 2 is 1.85 bits per heavy atom. The monoisotopic (exact) mass is 364 g/mol. The van der Waals surface area contributed by atoms with E-state index in [9.17, 15) is 14.0 Å². The Morgan fingerprint density at radius 1 is 1.19 bits per heavy atom. The van der Waals surface area contributed by atoms with Gasteiger partial charge in [0.1, 0.15) is 11.3 Å². The quantitative estimate of drug-likeness (QED) is 0.832. The van der Waals surface area contributed by atoms with E-state index in [4.69, 9.17) is 4.74 Å². The molecular formula is C18H25FN4O3. The Balaban J connectivity index is 1.58. The number of pyridine rings is 1. The van der Waals surface area contributed by atoms with Gasteiger partial charge in [0.25, 0.3) is 5.91 Å². The van der Waals surface area contributed by atoms with Crippen molar-refractivity contribution in [1.29, 1.82) is 0 Å². The highest BCUT2D eigenvalue weighted by molar-refractivity contribution is 5.92. The van der Waals surface area contributed by atoms with Crippen LogP contribution in [0.4, 0.5) is 14.9 Å². The minimum atomic E-state index is -0.667. The molecule has 2 heterocycles. The van der Waals surface area contributed by atoms with Gasteiger partial charge in [-0.15, -0.1) is 0 Å². The largest absolute Gasteiger partial charge is 0.444 e. The Morgan fingerprint density at radius 3 is 2.38 bits per heavy atom. The lowest BCUT2D eigenvalue weighted by molar-refractivity contribution is 0.0240. The van der Waals surface area contributed by atoms with Crippen molar-refractivity contribution in [2.24, 2.45) is 0 Å². The molecule has 1 aliphatic carbocycles. The molecule has 1 aromatic heterocycles. The fraction of sp³-hybridized carbons (Fsp3) is 0.611. The van der Waals surface area contributed by atoms with Crippen LogP contribution in [0.15, 0.2) is 12.1 Å². The second-order valence-electron chi connectivity index (χ2n) is 7.71. The molecule has 2 amide bonds. The van der Waals surface area contributed by atoms with Gasteiger partial charge in [-0.25, -0.2) is 9.78 Å². The second kappa shape index (κ2) is 7.09. The van der Waals surface area contributed by atoms with Crippen LogP contribution in [0.25, 0.3) is 0 Å². The summed E-state index contributed by atoms with van der Waals surface area (Å²) in [5, 5.41) is 2.79. The molecule has 7 nitrogen and oxygen atoms in total. The zero-order valence-electron chi connectivity index (χ0n) is 15.4. The maximum Gasteiger partial charge on any atom is 0.410 e. The Hall–Kier alpha value is -2.38. The standard InChI is InChI=1S/C18H25FN4O3/c1-18(2,3)26-17(25)23-10-8-22(9-11-23)14-7-6-13(21-15(14)19)16(24)20-12-4-5-12/h6-7,12H,4-5,8-11H2,1-3H3,(H,20,24). The third kappa shape index (κ3) is 4.62. The third-order valence-corrected chi connectivity index (χ3v) is 4.25. The highest BCUT2D eigenvalue weighted by Crippen LogP contribution is 2.22. The molecule has 2 fully saturated rings. The SMILES string of the molecule is CC(C)(C)OC(=O)N1CCN(c2ccc(C(=O)NC3CC3)nc2F)CC1. The van der Waals surface area contributed by atoms with Crippen molar-refractivity contribution in [3.05, 3.63) is 23.8 Å². The number of hydrogen-bond acceptors (Lipinski definition) is 5. The summed E-state index contributed by atoms with van der Waals surface area (Å²) in [6.45, 7) is 7.31. The number of piperazine rings is 1. The zero-order chi connectivity index (χ0) is 18.9. The molecule has 142 valence electrons. The van der Waals surface area contributed by atoms with E-state index in [0.717, 1.165) is 12.8 Å². The van der Waals surface area contributed by atoms with Crippen LogP contribution in [0.3, 0.4) is 0 Å². The van der Waals surface area contributed by atoms with Crippen molar-refractivity contribution in [1.82, 2.24) is 15.2 Å². The Bertz CT molecular complexity index is 692. The smallest absolute Gasteiger partial charge is 0.410 e. The van der Waals surface area contributed by atoms with Crippen molar-refractivity contribution in [2.75, 3.05) is 31.1 Å². The number of anilines is 1.